The van der Waals surface area contributed by atoms with Gasteiger partial charge in [0.05, 0.1) is 0 Å². The van der Waals surface area contributed by atoms with E-state index in [4.69, 9.17) is 0 Å². The topological polar surface area (TPSA) is 43.6 Å². The molecule has 0 unspecified atom stereocenters. The maximum Gasteiger partial charge on any atom is 0.156 e. The monoisotopic (exact) mass is 182 g/mol. The Morgan fingerprint density at radius 1 is 1.31 bits per heavy atom. The largest absolute Gasteiger partial charge is 0.229 e. The van der Waals surface area contributed by atoms with E-state index in [0.29, 0.717) is 5.92 Å². The van der Waals surface area contributed by atoms with Crippen LogP contribution in [0.25, 0.3) is 0 Å². The van der Waals surface area contributed by atoms with Crippen LogP contribution in [0.5, 0.6) is 0 Å². The number of hydrogen-bond acceptors (Lipinski definition) is 3. The van der Waals surface area contributed by atoms with Crippen LogP contribution in [0.2, 0.25) is 0 Å². The van der Waals surface area contributed by atoms with Crippen molar-refractivity contribution in [3.05, 3.63) is 5.82 Å². The lowest BCUT2D eigenvalue weighted by Crippen LogP contribution is -2.21. The molecule has 1 aromatic rings. The van der Waals surface area contributed by atoms with E-state index in [0.717, 1.165) is 12.4 Å². The molecule has 0 aliphatic carbocycles. The van der Waals surface area contributed by atoms with Crippen molar-refractivity contribution in [2.45, 2.75) is 46.6 Å². The third-order valence-electron chi connectivity index (χ3n) is 1.74. The summed E-state index contributed by atoms with van der Waals surface area (Å²) in [7, 11) is 0. The Kier molecular flexibility index (Phi) is 2.68. The van der Waals surface area contributed by atoms with Gasteiger partial charge in [-0.25, -0.2) is 4.68 Å². The van der Waals surface area contributed by atoms with Gasteiger partial charge in [0, 0.05) is 12.0 Å². The summed E-state index contributed by atoms with van der Waals surface area (Å²) in [5, 5.41) is 11.7. The normalized spacial score (nSPS) is 12.5. The zero-order valence-electron chi connectivity index (χ0n) is 9.07. The minimum atomic E-state index is 0.0262. The SMILES string of the molecule is CC(C)Cn1nnnc1C(C)(C)C. The second kappa shape index (κ2) is 3.44. The van der Waals surface area contributed by atoms with Crippen molar-refractivity contribution in [1.82, 2.24) is 20.2 Å². The van der Waals surface area contributed by atoms with E-state index < -0.39 is 0 Å². The van der Waals surface area contributed by atoms with Gasteiger partial charge in [0.1, 0.15) is 0 Å². The highest BCUT2D eigenvalue weighted by atomic mass is 15.5. The second-order valence-corrected chi connectivity index (χ2v) is 4.83. The molecule has 1 heterocycles. The average molecular weight is 182 g/mol. The van der Waals surface area contributed by atoms with E-state index >= 15 is 0 Å². The minimum absolute atomic E-state index is 0.0262. The van der Waals surface area contributed by atoms with Gasteiger partial charge in [-0.05, 0) is 16.3 Å². The summed E-state index contributed by atoms with van der Waals surface area (Å²) in [4.78, 5) is 0. The van der Waals surface area contributed by atoms with Gasteiger partial charge in [-0.2, -0.15) is 0 Å². The van der Waals surface area contributed by atoms with Crippen molar-refractivity contribution >= 4 is 0 Å². The van der Waals surface area contributed by atoms with E-state index in [1.54, 1.807) is 0 Å². The first-order valence-corrected chi connectivity index (χ1v) is 4.68. The van der Waals surface area contributed by atoms with E-state index in [-0.39, 0.29) is 5.41 Å². The van der Waals surface area contributed by atoms with E-state index in [9.17, 15) is 0 Å². The summed E-state index contributed by atoms with van der Waals surface area (Å²) in [5.41, 5.74) is 0.0262. The van der Waals surface area contributed by atoms with Crippen LogP contribution in [0.3, 0.4) is 0 Å². The number of hydrogen-bond donors (Lipinski definition) is 0. The van der Waals surface area contributed by atoms with Crippen molar-refractivity contribution in [1.29, 1.82) is 0 Å². The molecule has 0 atom stereocenters. The molecule has 0 saturated carbocycles. The lowest BCUT2D eigenvalue weighted by Gasteiger charge is -2.17. The van der Waals surface area contributed by atoms with Gasteiger partial charge in [-0.3, -0.25) is 0 Å². The number of nitrogens with zero attached hydrogens (tertiary/aromatic N) is 4. The average Bonchev–Trinajstić information content (AvgIpc) is 2.31. The Morgan fingerprint density at radius 2 is 1.92 bits per heavy atom. The summed E-state index contributed by atoms with van der Waals surface area (Å²) in [6.07, 6.45) is 0. The van der Waals surface area contributed by atoms with Gasteiger partial charge >= 0.3 is 0 Å². The van der Waals surface area contributed by atoms with Gasteiger partial charge in [-0.15, -0.1) is 5.10 Å². The molecule has 74 valence electrons. The lowest BCUT2D eigenvalue weighted by atomic mass is 9.95. The molecular formula is C9H18N4. The molecule has 4 nitrogen and oxygen atoms in total. The zero-order chi connectivity index (χ0) is 10.1. The molecule has 4 heteroatoms. The predicted molar refractivity (Wildman–Crippen MR) is 51.4 cm³/mol. The summed E-state index contributed by atoms with van der Waals surface area (Å²) in [6, 6.07) is 0. The molecule has 0 spiro atoms. The summed E-state index contributed by atoms with van der Waals surface area (Å²) >= 11 is 0. The van der Waals surface area contributed by atoms with Crippen LogP contribution in [0.15, 0.2) is 0 Å². The van der Waals surface area contributed by atoms with Crippen LogP contribution in [0, 0.1) is 5.92 Å². The molecule has 0 bridgehead atoms. The molecular weight excluding hydrogens is 164 g/mol. The second-order valence-electron chi connectivity index (χ2n) is 4.83. The molecule has 0 amide bonds. The highest BCUT2D eigenvalue weighted by molar-refractivity contribution is 4.98. The Bertz CT molecular complexity index is 269. The van der Waals surface area contributed by atoms with Crippen molar-refractivity contribution in [3.63, 3.8) is 0 Å². The molecule has 0 fully saturated rings. The van der Waals surface area contributed by atoms with Gasteiger partial charge in [0.2, 0.25) is 0 Å². The highest BCUT2D eigenvalue weighted by Gasteiger charge is 2.21. The lowest BCUT2D eigenvalue weighted by molar-refractivity contribution is 0.418. The minimum Gasteiger partial charge on any atom is -0.229 e. The van der Waals surface area contributed by atoms with Crippen LogP contribution in [-0.4, -0.2) is 20.2 Å². The van der Waals surface area contributed by atoms with Crippen molar-refractivity contribution < 1.29 is 0 Å². The zero-order valence-corrected chi connectivity index (χ0v) is 9.07. The fourth-order valence-electron chi connectivity index (χ4n) is 1.21. The maximum atomic E-state index is 4.04. The van der Waals surface area contributed by atoms with E-state index in [2.05, 4.69) is 50.1 Å². The van der Waals surface area contributed by atoms with Crippen molar-refractivity contribution in [3.8, 4) is 0 Å². The Balaban J connectivity index is 2.90. The van der Waals surface area contributed by atoms with Gasteiger partial charge in [0.25, 0.3) is 0 Å². The predicted octanol–water partition coefficient (Wildman–Crippen LogP) is 1.63. The first-order valence-electron chi connectivity index (χ1n) is 4.68. The molecule has 0 radical (unpaired) electrons. The molecule has 0 aliphatic rings. The number of rotatable bonds is 2. The van der Waals surface area contributed by atoms with Gasteiger partial charge < -0.3 is 0 Å². The summed E-state index contributed by atoms with van der Waals surface area (Å²) < 4.78 is 1.89. The third kappa shape index (κ3) is 2.50. The number of tetrazole rings is 1. The van der Waals surface area contributed by atoms with Crippen molar-refractivity contribution in [2.24, 2.45) is 5.92 Å². The molecule has 1 aromatic heterocycles. The highest BCUT2D eigenvalue weighted by Crippen LogP contribution is 2.18. The first kappa shape index (κ1) is 10.2. The third-order valence-corrected chi connectivity index (χ3v) is 1.74. The Hall–Kier alpha value is -0.930. The van der Waals surface area contributed by atoms with Crippen LogP contribution in [-0.2, 0) is 12.0 Å². The molecule has 1 rings (SSSR count). The molecule has 0 aliphatic heterocycles. The van der Waals surface area contributed by atoms with Gasteiger partial charge in [-0.1, -0.05) is 34.6 Å². The maximum absolute atomic E-state index is 4.04. The van der Waals surface area contributed by atoms with Crippen LogP contribution < -0.4 is 0 Å². The fraction of sp³-hybridized carbons (Fsp3) is 0.889. The van der Waals surface area contributed by atoms with Crippen LogP contribution in [0.4, 0.5) is 0 Å². The first-order chi connectivity index (χ1) is 5.91. The quantitative estimate of drug-likeness (QED) is 0.698. The van der Waals surface area contributed by atoms with E-state index in [1.165, 1.54) is 0 Å². The Morgan fingerprint density at radius 3 is 2.38 bits per heavy atom. The molecule has 0 aromatic carbocycles. The van der Waals surface area contributed by atoms with Crippen molar-refractivity contribution in [2.75, 3.05) is 0 Å². The smallest absolute Gasteiger partial charge is 0.156 e. The fourth-order valence-corrected chi connectivity index (χ4v) is 1.21. The van der Waals surface area contributed by atoms with Crippen LogP contribution >= 0.6 is 0 Å². The number of aromatic nitrogens is 4. The van der Waals surface area contributed by atoms with Crippen LogP contribution in [0.1, 0.15) is 40.4 Å². The standard InChI is InChI=1S/C9H18N4/c1-7(2)6-13-8(9(3,4)5)10-11-12-13/h7H,6H2,1-5H3. The molecule has 0 saturated heterocycles. The Labute approximate surface area is 79.3 Å². The molecule has 13 heavy (non-hydrogen) atoms. The molecule has 0 N–H and O–H groups in total. The summed E-state index contributed by atoms with van der Waals surface area (Å²) in [5.74, 6) is 1.53. The van der Waals surface area contributed by atoms with E-state index in [1.807, 2.05) is 4.68 Å². The summed E-state index contributed by atoms with van der Waals surface area (Å²) in [6.45, 7) is 11.6. The van der Waals surface area contributed by atoms with Gasteiger partial charge in [0.15, 0.2) is 5.82 Å².